The number of nitrogens with zero attached hydrogens (tertiary/aromatic N) is 1. The summed E-state index contributed by atoms with van der Waals surface area (Å²) in [5.74, 6) is -0.350. The molecule has 0 bridgehead atoms. The van der Waals surface area contributed by atoms with Crippen molar-refractivity contribution in [3.8, 4) is 0 Å². The smallest absolute Gasteiger partial charge is 0.252 e. The Morgan fingerprint density at radius 1 is 1.32 bits per heavy atom. The standard InChI is InChI=1S/C13H14N4O2/c1-15-12(18)7-16-13(19)9-6-11(14)17-10-5-3-2-4-8(9)10/h2-6H,7H2,1H3,(H2,14,17)(H,15,18)(H,16,19). The summed E-state index contributed by atoms with van der Waals surface area (Å²) in [6.45, 7) is -0.0775. The van der Waals surface area contributed by atoms with E-state index in [0.29, 0.717) is 16.5 Å². The molecule has 2 aromatic rings. The number of likely N-dealkylation sites (N-methyl/N-ethyl adjacent to an activating group) is 1. The number of benzene rings is 1. The van der Waals surface area contributed by atoms with E-state index in [4.69, 9.17) is 5.73 Å². The van der Waals surface area contributed by atoms with Gasteiger partial charge in [0, 0.05) is 12.4 Å². The molecule has 2 amide bonds. The maximum absolute atomic E-state index is 12.1. The van der Waals surface area contributed by atoms with Crippen molar-refractivity contribution >= 4 is 28.5 Å². The molecule has 0 saturated heterocycles. The van der Waals surface area contributed by atoms with Gasteiger partial charge in [0.1, 0.15) is 5.82 Å². The maximum Gasteiger partial charge on any atom is 0.252 e. The number of para-hydroxylation sites is 1. The van der Waals surface area contributed by atoms with Gasteiger partial charge in [0.05, 0.1) is 17.6 Å². The number of pyridine rings is 1. The highest BCUT2D eigenvalue weighted by molar-refractivity contribution is 6.07. The van der Waals surface area contributed by atoms with Crippen LogP contribution in [0.3, 0.4) is 0 Å². The van der Waals surface area contributed by atoms with Gasteiger partial charge in [-0.3, -0.25) is 9.59 Å². The van der Waals surface area contributed by atoms with Crippen molar-refractivity contribution in [1.29, 1.82) is 0 Å². The lowest BCUT2D eigenvalue weighted by atomic mass is 10.1. The van der Waals surface area contributed by atoms with Crippen LogP contribution in [-0.4, -0.2) is 30.4 Å². The molecule has 0 radical (unpaired) electrons. The van der Waals surface area contributed by atoms with Crippen molar-refractivity contribution in [3.63, 3.8) is 0 Å². The van der Waals surface area contributed by atoms with Crippen molar-refractivity contribution in [1.82, 2.24) is 15.6 Å². The third-order valence-corrected chi connectivity index (χ3v) is 2.67. The second-order valence-corrected chi connectivity index (χ2v) is 3.97. The second-order valence-electron chi connectivity index (χ2n) is 3.97. The Labute approximate surface area is 110 Å². The zero-order valence-electron chi connectivity index (χ0n) is 10.4. The van der Waals surface area contributed by atoms with Gasteiger partial charge in [0.15, 0.2) is 0 Å². The van der Waals surface area contributed by atoms with E-state index in [-0.39, 0.29) is 24.2 Å². The first-order valence-electron chi connectivity index (χ1n) is 5.76. The van der Waals surface area contributed by atoms with Crippen molar-refractivity contribution in [2.75, 3.05) is 19.3 Å². The Kier molecular flexibility index (Phi) is 3.61. The fourth-order valence-corrected chi connectivity index (χ4v) is 1.73. The van der Waals surface area contributed by atoms with Gasteiger partial charge in [-0.1, -0.05) is 18.2 Å². The topological polar surface area (TPSA) is 97.1 Å². The second kappa shape index (κ2) is 5.34. The number of nitrogens with two attached hydrogens (primary N) is 1. The minimum Gasteiger partial charge on any atom is -0.384 e. The van der Waals surface area contributed by atoms with E-state index in [1.807, 2.05) is 12.1 Å². The zero-order chi connectivity index (χ0) is 13.8. The Morgan fingerprint density at radius 2 is 2.05 bits per heavy atom. The summed E-state index contributed by atoms with van der Waals surface area (Å²) in [5.41, 5.74) is 6.73. The fraction of sp³-hybridized carbons (Fsp3) is 0.154. The molecule has 0 aliphatic carbocycles. The van der Waals surface area contributed by atoms with E-state index in [9.17, 15) is 9.59 Å². The van der Waals surface area contributed by atoms with Crippen LogP contribution >= 0.6 is 0 Å². The lowest BCUT2D eigenvalue weighted by molar-refractivity contribution is -0.119. The molecular formula is C13H14N4O2. The van der Waals surface area contributed by atoms with E-state index in [0.717, 1.165) is 0 Å². The minimum absolute atomic E-state index is 0.0775. The van der Waals surface area contributed by atoms with Crippen molar-refractivity contribution in [3.05, 3.63) is 35.9 Å². The monoisotopic (exact) mass is 258 g/mol. The number of carbonyl (C=O) groups is 2. The number of rotatable bonds is 3. The summed E-state index contributed by atoms with van der Waals surface area (Å²) in [4.78, 5) is 27.3. The number of aromatic nitrogens is 1. The first kappa shape index (κ1) is 12.8. The molecule has 0 aliphatic heterocycles. The summed E-state index contributed by atoms with van der Waals surface area (Å²) >= 11 is 0. The van der Waals surface area contributed by atoms with Gasteiger partial charge < -0.3 is 16.4 Å². The van der Waals surface area contributed by atoms with Gasteiger partial charge in [-0.15, -0.1) is 0 Å². The zero-order valence-corrected chi connectivity index (χ0v) is 10.4. The van der Waals surface area contributed by atoms with Gasteiger partial charge in [0.25, 0.3) is 5.91 Å². The van der Waals surface area contributed by atoms with Crippen LogP contribution in [0.1, 0.15) is 10.4 Å². The lowest BCUT2D eigenvalue weighted by Crippen LogP contribution is -2.35. The fourth-order valence-electron chi connectivity index (χ4n) is 1.73. The van der Waals surface area contributed by atoms with Crippen LogP contribution in [0.4, 0.5) is 5.82 Å². The Bertz CT molecular complexity index is 640. The predicted octanol–water partition coefficient (Wildman–Crippen LogP) is 0.293. The van der Waals surface area contributed by atoms with Gasteiger partial charge >= 0.3 is 0 Å². The molecule has 6 heteroatoms. The number of amides is 2. The number of anilines is 1. The Hall–Kier alpha value is -2.63. The molecule has 0 unspecified atom stereocenters. The van der Waals surface area contributed by atoms with Gasteiger partial charge in [-0.25, -0.2) is 4.98 Å². The normalized spacial score (nSPS) is 10.2. The summed E-state index contributed by atoms with van der Waals surface area (Å²) in [6, 6.07) is 8.70. The molecule has 1 heterocycles. The molecule has 0 spiro atoms. The summed E-state index contributed by atoms with van der Waals surface area (Å²) in [5, 5.41) is 5.66. The van der Waals surface area contributed by atoms with E-state index < -0.39 is 0 Å². The number of nitrogen functional groups attached to an aromatic ring is 1. The number of hydrogen-bond donors (Lipinski definition) is 3. The largest absolute Gasteiger partial charge is 0.384 e. The van der Waals surface area contributed by atoms with Gasteiger partial charge in [0.2, 0.25) is 5.91 Å². The highest BCUT2D eigenvalue weighted by atomic mass is 16.2. The first-order valence-corrected chi connectivity index (χ1v) is 5.76. The molecule has 6 nitrogen and oxygen atoms in total. The van der Waals surface area contributed by atoms with E-state index >= 15 is 0 Å². The molecular weight excluding hydrogens is 244 g/mol. The van der Waals surface area contributed by atoms with Crippen LogP contribution in [0, 0.1) is 0 Å². The highest BCUT2D eigenvalue weighted by Crippen LogP contribution is 2.19. The molecule has 0 aliphatic rings. The van der Waals surface area contributed by atoms with Crippen LogP contribution in [0.15, 0.2) is 30.3 Å². The first-order chi connectivity index (χ1) is 9.11. The third kappa shape index (κ3) is 2.79. The molecule has 4 N–H and O–H groups in total. The molecule has 0 atom stereocenters. The molecule has 98 valence electrons. The van der Waals surface area contributed by atoms with E-state index in [2.05, 4.69) is 15.6 Å². The molecule has 1 aromatic heterocycles. The number of carbonyl (C=O) groups excluding carboxylic acids is 2. The average molecular weight is 258 g/mol. The average Bonchev–Trinajstić information content (AvgIpc) is 2.43. The number of hydrogen-bond acceptors (Lipinski definition) is 4. The summed E-state index contributed by atoms with van der Waals surface area (Å²) < 4.78 is 0. The SMILES string of the molecule is CNC(=O)CNC(=O)c1cc(N)nc2ccccc12. The van der Waals surface area contributed by atoms with Crippen molar-refractivity contribution < 1.29 is 9.59 Å². The molecule has 0 fully saturated rings. The molecule has 0 saturated carbocycles. The van der Waals surface area contributed by atoms with Crippen LogP contribution in [-0.2, 0) is 4.79 Å². The van der Waals surface area contributed by atoms with Crippen molar-refractivity contribution in [2.24, 2.45) is 0 Å². The lowest BCUT2D eigenvalue weighted by Gasteiger charge is -2.08. The number of fused-ring (bicyclic) bond motifs is 1. The predicted molar refractivity (Wildman–Crippen MR) is 72.6 cm³/mol. The Morgan fingerprint density at radius 3 is 2.79 bits per heavy atom. The highest BCUT2D eigenvalue weighted by Gasteiger charge is 2.12. The quantitative estimate of drug-likeness (QED) is 0.737. The van der Waals surface area contributed by atoms with Gasteiger partial charge in [-0.2, -0.15) is 0 Å². The van der Waals surface area contributed by atoms with E-state index in [1.165, 1.54) is 13.1 Å². The summed E-state index contributed by atoms with van der Waals surface area (Å²) in [6.07, 6.45) is 0. The maximum atomic E-state index is 12.1. The van der Waals surface area contributed by atoms with E-state index in [1.54, 1.807) is 12.1 Å². The molecule has 1 aromatic carbocycles. The van der Waals surface area contributed by atoms with Crippen molar-refractivity contribution in [2.45, 2.75) is 0 Å². The third-order valence-electron chi connectivity index (χ3n) is 2.67. The van der Waals surface area contributed by atoms with Gasteiger partial charge in [-0.05, 0) is 12.1 Å². The Balaban J connectivity index is 2.33. The summed E-state index contributed by atoms with van der Waals surface area (Å²) in [7, 11) is 1.51. The molecule has 2 rings (SSSR count). The molecule has 19 heavy (non-hydrogen) atoms. The van der Waals surface area contributed by atoms with Crippen LogP contribution < -0.4 is 16.4 Å². The van der Waals surface area contributed by atoms with Crippen LogP contribution in [0.25, 0.3) is 10.9 Å². The van der Waals surface area contributed by atoms with Crippen LogP contribution in [0.2, 0.25) is 0 Å². The minimum atomic E-state index is -0.353. The van der Waals surface area contributed by atoms with Crippen LogP contribution in [0.5, 0.6) is 0 Å². The number of nitrogens with one attached hydrogen (secondary N) is 2.